The van der Waals surface area contributed by atoms with Gasteiger partial charge >= 0.3 is 12.2 Å². The summed E-state index contributed by atoms with van der Waals surface area (Å²) in [5.74, 6) is 0.914. The molecule has 9 rings (SSSR count). The van der Waals surface area contributed by atoms with Crippen LogP contribution in [0.1, 0.15) is 120 Å². The molecule has 1 unspecified atom stereocenters. The van der Waals surface area contributed by atoms with E-state index in [1.807, 2.05) is 38.8 Å². The van der Waals surface area contributed by atoms with Crippen molar-refractivity contribution in [1.29, 1.82) is 0 Å². The molecule has 2 aromatic heterocycles. The topological polar surface area (TPSA) is 186 Å². The van der Waals surface area contributed by atoms with Crippen LogP contribution in [0, 0.1) is 17.3 Å². The summed E-state index contributed by atoms with van der Waals surface area (Å²) in [5.41, 5.74) is 11.7. The SMILES string of the molecule is CCC(C)[C@H](NC(=O)OC)C(=O)N1CCC[C@H]1c1nc2ccc(-c3ccc(-c4ccc(-c5cnc([C@@H]6CCCN6C(=O)[C@@H](NC(=O)O)C(C)C)[nH]5)cc4)c4c3CC3(CCCC3)C4)cc2[nH]1. The van der Waals surface area contributed by atoms with Crippen LogP contribution in [0.25, 0.3) is 44.5 Å². The smallest absolute Gasteiger partial charge is 0.407 e. The number of hydrogen-bond donors (Lipinski definition) is 5. The molecule has 5 atom stereocenters. The molecule has 14 nitrogen and oxygen atoms in total. The first-order chi connectivity index (χ1) is 31.4. The number of nitrogens with zero attached hydrogens (tertiary/aromatic N) is 4. The summed E-state index contributed by atoms with van der Waals surface area (Å²) in [6, 6.07) is 17.8. The molecule has 0 bridgehead atoms. The van der Waals surface area contributed by atoms with E-state index in [9.17, 15) is 24.3 Å². The number of carbonyl (C=O) groups is 4. The number of methoxy groups -OCH3 is 1. The quantitative estimate of drug-likeness (QED) is 0.0821. The van der Waals surface area contributed by atoms with Gasteiger partial charge in [0, 0.05) is 13.1 Å². The Bertz CT molecular complexity index is 2590. The normalized spacial score (nSPS) is 20.3. The molecule has 14 heteroatoms. The molecule has 0 radical (unpaired) electrons. The number of alkyl carbamates (subject to hydrolysis) is 1. The number of likely N-dealkylation sites (tertiary alicyclic amines) is 2. The van der Waals surface area contributed by atoms with Gasteiger partial charge in [-0.25, -0.2) is 19.6 Å². The number of fused-ring (bicyclic) bond motifs is 2. The maximum absolute atomic E-state index is 14.0. The second-order valence-corrected chi connectivity index (χ2v) is 19.3. The zero-order valence-corrected chi connectivity index (χ0v) is 38.2. The van der Waals surface area contributed by atoms with Crippen molar-refractivity contribution in [2.45, 2.75) is 122 Å². The largest absolute Gasteiger partial charge is 0.465 e. The summed E-state index contributed by atoms with van der Waals surface area (Å²) >= 11 is 0. The van der Waals surface area contributed by atoms with Crippen molar-refractivity contribution in [3.8, 4) is 33.5 Å². The molecule has 5 N–H and O–H groups in total. The Balaban J connectivity index is 0.969. The van der Waals surface area contributed by atoms with Gasteiger partial charge in [-0.1, -0.05) is 89.4 Å². The van der Waals surface area contributed by atoms with Gasteiger partial charge in [0.1, 0.15) is 23.7 Å². The summed E-state index contributed by atoms with van der Waals surface area (Å²) in [6.07, 6.45) is 11.1. The van der Waals surface area contributed by atoms with Crippen LogP contribution in [0.4, 0.5) is 9.59 Å². The maximum Gasteiger partial charge on any atom is 0.407 e. The number of benzene rings is 3. The van der Waals surface area contributed by atoms with E-state index in [0.717, 1.165) is 78.6 Å². The Labute approximate surface area is 380 Å². The molecular weight excluding hydrogens is 821 g/mol. The molecule has 4 heterocycles. The van der Waals surface area contributed by atoms with Crippen molar-refractivity contribution in [2.24, 2.45) is 17.3 Å². The Kier molecular flexibility index (Phi) is 12.2. The van der Waals surface area contributed by atoms with E-state index < -0.39 is 24.3 Å². The van der Waals surface area contributed by atoms with Crippen molar-refractivity contribution in [1.82, 2.24) is 40.4 Å². The summed E-state index contributed by atoms with van der Waals surface area (Å²) in [7, 11) is 1.32. The van der Waals surface area contributed by atoms with Crippen LogP contribution in [0.2, 0.25) is 0 Å². The predicted molar refractivity (Wildman–Crippen MR) is 249 cm³/mol. The maximum atomic E-state index is 14.0. The van der Waals surface area contributed by atoms with Crippen molar-refractivity contribution < 1.29 is 29.0 Å². The van der Waals surface area contributed by atoms with Crippen LogP contribution < -0.4 is 10.6 Å². The molecule has 4 aliphatic rings. The lowest BCUT2D eigenvalue weighted by atomic mass is 9.82. The van der Waals surface area contributed by atoms with E-state index in [-0.39, 0.29) is 41.1 Å². The van der Waals surface area contributed by atoms with Gasteiger partial charge in [0.15, 0.2) is 0 Å². The number of nitrogens with one attached hydrogen (secondary N) is 4. The minimum atomic E-state index is -1.20. The van der Waals surface area contributed by atoms with Crippen LogP contribution in [0.3, 0.4) is 0 Å². The number of aromatic amines is 2. The van der Waals surface area contributed by atoms with Gasteiger partial charge in [-0.3, -0.25) is 9.59 Å². The first-order valence-corrected chi connectivity index (χ1v) is 23.6. The molecule has 1 saturated carbocycles. The average Bonchev–Trinajstić information content (AvgIpc) is 4.17. The number of imidazole rings is 2. The molecule has 2 aliphatic carbocycles. The summed E-state index contributed by atoms with van der Waals surface area (Å²) in [4.78, 5) is 71.7. The van der Waals surface area contributed by atoms with E-state index in [4.69, 9.17) is 14.7 Å². The fourth-order valence-corrected chi connectivity index (χ4v) is 11.3. The number of hydrogen-bond acceptors (Lipinski definition) is 7. The van der Waals surface area contributed by atoms with Crippen LogP contribution in [-0.4, -0.2) is 91.1 Å². The molecular formula is C51H62N8O6. The van der Waals surface area contributed by atoms with Gasteiger partial charge < -0.3 is 40.2 Å². The minimum absolute atomic E-state index is 0.0570. The lowest BCUT2D eigenvalue weighted by Crippen LogP contribution is -2.51. The average molecular weight is 883 g/mol. The van der Waals surface area contributed by atoms with E-state index in [2.05, 4.69) is 75.2 Å². The van der Waals surface area contributed by atoms with Gasteiger partial charge in [-0.2, -0.15) is 0 Å². The molecule has 342 valence electrons. The van der Waals surface area contributed by atoms with Crippen molar-refractivity contribution in [3.63, 3.8) is 0 Å². The van der Waals surface area contributed by atoms with Gasteiger partial charge in [-0.15, -0.1) is 0 Å². The third kappa shape index (κ3) is 8.47. The number of rotatable bonds is 12. The zero-order valence-electron chi connectivity index (χ0n) is 38.2. The minimum Gasteiger partial charge on any atom is -0.465 e. The summed E-state index contributed by atoms with van der Waals surface area (Å²) in [6.45, 7) is 8.85. The van der Waals surface area contributed by atoms with E-state index in [1.54, 1.807) is 4.90 Å². The summed E-state index contributed by atoms with van der Waals surface area (Å²) in [5, 5.41) is 14.6. The molecule has 2 saturated heterocycles. The Morgan fingerprint density at radius 1 is 0.785 bits per heavy atom. The molecule has 3 fully saturated rings. The highest BCUT2D eigenvalue weighted by Crippen LogP contribution is 2.53. The lowest BCUT2D eigenvalue weighted by Gasteiger charge is -2.30. The standard InChI is InChI=1S/C51H62N8O6/c1-6-30(4)44(57-50(64)65-5)48(61)59-24-10-12-42(59)46-53-38-20-17-33(25-39(38)54-46)35-19-18-34(36-26-51(27-37(35)36)21-7-8-22-51)31-13-15-32(16-14-31)40-28-52-45(55-40)41-11-9-23-58(41)47(60)43(29(2)3)56-49(62)63/h13-20,25,28-30,41-44,56H,6-12,21-24,26-27H2,1-5H3,(H,52,55)(H,53,54)(H,57,64)(H,62,63)/t30?,41-,42-,43-,44-/m0/s1. The number of ether oxygens (including phenoxy) is 1. The van der Waals surface area contributed by atoms with Crippen molar-refractivity contribution in [2.75, 3.05) is 20.2 Å². The first-order valence-electron chi connectivity index (χ1n) is 23.6. The predicted octanol–water partition coefficient (Wildman–Crippen LogP) is 9.34. The van der Waals surface area contributed by atoms with E-state index in [1.165, 1.54) is 60.6 Å². The highest BCUT2D eigenvalue weighted by molar-refractivity contribution is 5.88. The molecule has 4 amide bonds. The fourth-order valence-electron chi connectivity index (χ4n) is 11.3. The van der Waals surface area contributed by atoms with E-state index >= 15 is 0 Å². The Hall–Kier alpha value is -6.18. The van der Waals surface area contributed by atoms with Gasteiger partial charge in [-0.05, 0) is 120 Å². The number of H-pyrrole nitrogens is 2. The monoisotopic (exact) mass is 882 g/mol. The van der Waals surface area contributed by atoms with E-state index in [0.29, 0.717) is 18.9 Å². The van der Waals surface area contributed by atoms with Gasteiger partial charge in [0.05, 0.1) is 42.1 Å². The van der Waals surface area contributed by atoms with Crippen molar-refractivity contribution >= 4 is 35.0 Å². The third-order valence-corrected chi connectivity index (χ3v) is 15.0. The molecule has 1 spiro atoms. The fraction of sp³-hybridized carbons (Fsp3) is 0.490. The van der Waals surface area contributed by atoms with Gasteiger partial charge in [0.25, 0.3) is 0 Å². The second kappa shape index (κ2) is 18.0. The number of carbonyl (C=O) groups excluding carboxylic acids is 3. The Morgan fingerprint density at radius 3 is 2.00 bits per heavy atom. The zero-order chi connectivity index (χ0) is 45.6. The highest BCUT2D eigenvalue weighted by atomic mass is 16.5. The van der Waals surface area contributed by atoms with Crippen LogP contribution in [-0.2, 0) is 27.2 Å². The van der Waals surface area contributed by atoms with Crippen molar-refractivity contribution in [3.05, 3.63) is 83.6 Å². The first kappa shape index (κ1) is 44.0. The number of carboxylic acid groups (broad SMARTS) is 1. The lowest BCUT2D eigenvalue weighted by molar-refractivity contribution is -0.136. The van der Waals surface area contributed by atoms with Crippen LogP contribution in [0.5, 0.6) is 0 Å². The number of amides is 4. The molecule has 3 aromatic carbocycles. The molecule has 5 aromatic rings. The number of aromatic nitrogens is 4. The molecule has 2 aliphatic heterocycles. The highest BCUT2D eigenvalue weighted by Gasteiger charge is 2.43. The Morgan fingerprint density at radius 2 is 1.38 bits per heavy atom. The third-order valence-electron chi connectivity index (χ3n) is 15.0. The second-order valence-electron chi connectivity index (χ2n) is 19.3. The molecule has 65 heavy (non-hydrogen) atoms. The summed E-state index contributed by atoms with van der Waals surface area (Å²) < 4.78 is 4.87. The van der Waals surface area contributed by atoms with Crippen LogP contribution >= 0.6 is 0 Å². The van der Waals surface area contributed by atoms with Crippen LogP contribution in [0.15, 0.2) is 60.8 Å². The van der Waals surface area contributed by atoms with Gasteiger partial charge in [0.2, 0.25) is 11.8 Å².